The van der Waals surface area contributed by atoms with Gasteiger partial charge in [0.2, 0.25) is 10.0 Å². The quantitative estimate of drug-likeness (QED) is 0.361. The largest absolute Gasteiger partial charge is 0.443 e. The number of nitrogens with zero attached hydrogens (tertiary/aromatic N) is 1. The van der Waals surface area contributed by atoms with Gasteiger partial charge in [-0.2, -0.15) is 4.31 Å². The number of benzene rings is 2. The molecular formula is C27H37N3O7S. The van der Waals surface area contributed by atoms with Crippen molar-refractivity contribution in [1.82, 2.24) is 9.62 Å². The van der Waals surface area contributed by atoms with Gasteiger partial charge in [0.15, 0.2) is 6.27 Å². The minimum absolute atomic E-state index is 0.00504. The van der Waals surface area contributed by atoms with Crippen LogP contribution in [0, 0.1) is 11.8 Å². The highest BCUT2D eigenvalue weighted by atomic mass is 32.2. The van der Waals surface area contributed by atoms with Crippen molar-refractivity contribution in [2.45, 2.75) is 56.1 Å². The van der Waals surface area contributed by atoms with Crippen LogP contribution in [-0.2, 0) is 30.7 Å². The summed E-state index contributed by atoms with van der Waals surface area (Å²) in [6, 6.07) is 13.5. The van der Waals surface area contributed by atoms with E-state index in [4.69, 9.17) is 26.8 Å². The highest BCUT2D eigenvalue weighted by Gasteiger charge is 2.44. The van der Waals surface area contributed by atoms with Crippen LogP contribution in [0.3, 0.4) is 0 Å². The van der Waals surface area contributed by atoms with Crippen LogP contribution in [0.15, 0.2) is 59.5 Å². The summed E-state index contributed by atoms with van der Waals surface area (Å²) in [5, 5.41) is 13.9. The van der Waals surface area contributed by atoms with Gasteiger partial charge in [-0.1, -0.05) is 44.2 Å². The molecular weight excluding hydrogens is 510 g/mol. The second-order valence-corrected chi connectivity index (χ2v) is 11.6. The van der Waals surface area contributed by atoms with Gasteiger partial charge in [0.25, 0.3) is 0 Å². The van der Waals surface area contributed by atoms with Gasteiger partial charge >= 0.3 is 6.09 Å². The molecule has 4 N–H and O–H groups in total. The van der Waals surface area contributed by atoms with E-state index in [2.05, 4.69) is 5.32 Å². The topological polar surface area (TPSA) is 140 Å². The lowest BCUT2D eigenvalue weighted by atomic mass is 10.0. The van der Waals surface area contributed by atoms with Crippen LogP contribution in [0.2, 0.25) is 0 Å². The molecule has 2 aromatic carbocycles. The lowest BCUT2D eigenvalue weighted by molar-refractivity contribution is -0.0907. The number of anilines is 1. The Hall–Kier alpha value is -2.70. The maximum Gasteiger partial charge on any atom is 0.407 e. The summed E-state index contributed by atoms with van der Waals surface area (Å²) in [6.45, 7) is 0.0998. The molecule has 0 aliphatic carbocycles. The Kier molecular flexibility index (Phi) is 7.25. The van der Waals surface area contributed by atoms with Crippen LogP contribution in [0.4, 0.5) is 10.5 Å². The zero-order valence-electron chi connectivity index (χ0n) is 26.2. The van der Waals surface area contributed by atoms with Crippen LogP contribution in [0.5, 0.6) is 0 Å². The number of alkyl carbamates (subject to hydrolysis) is 1. The van der Waals surface area contributed by atoms with Gasteiger partial charge in [-0.05, 0) is 48.5 Å². The predicted octanol–water partition coefficient (Wildman–Crippen LogP) is 2.38. The molecule has 2 heterocycles. The van der Waals surface area contributed by atoms with Crippen LogP contribution in [0.25, 0.3) is 0 Å². The fourth-order valence-corrected chi connectivity index (χ4v) is 5.89. The standard InChI is InChI=1S/C27H37N3O7S/c1-18(2)15-30(38(33,34)21-10-8-20(28)9-11-21)16-24(31)23(14-19-6-4-3-5-7-19)29-27(32)37-25-17-36-26-22(25)12-13-35-26/h3-11,18,22-26,31H,12-17,28H2,1-2H3,(H,29,32)/t22-,23-,24+,25-,26+/m0/s1/i12D2,13D2,26D. The number of carbonyl (C=O) groups excluding carboxylic acids is 1. The number of sulfonamides is 1. The molecule has 11 heteroatoms. The van der Waals surface area contributed by atoms with Crippen molar-refractivity contribution in [2.24, 2.45) is 11.8 Å². The third kappa shape index (κ3) is 7.03. The first kappa shape index (κ1) is 22.2. The number of hydrogen-bond acceptors (Lipinski definition) is 8. The molecule has 2 aromatic rings. The normalized spacial score (nSPS) is 29.3. The zero-order chi connectivity index (χ0) is 31.8. The number of nitrogens with one attached hydrogen (secondary N) is 1. The molecule has 10 nitrogen and oxygen atoms in total. The van der Waals surface area contributed by atoms with E-state index in [-0.39, 0.29) is 30.3 Å². The summed E-state index contributed by atoms with van der Waals surface area (Å²) in [5.74, 6) is -1.69. The average Bonchev–Trinajstić information content (AvgIpc) is 3.29. The van der Waals surface area contributed by atoms with Gasteiger partial charge in [-0.3, -0.25) is 0 Å². The van der Waals surface area contributed by atoms with E-state index in [1.54, 1.807) is 30.3 Å². The zero-order valence-corrected chi connectivity index (χ0v) is 22.1. The molecule has 5 atom stereocenters. The molecule has 0 unspecified atom stereocenters. The maximum atomic E-state index is 13.5. The third-order valence-corrected chi connectivity index (χ3v) is 8.03. The second-order valence-electron chi connectivity index (χ2n) is 9.69. The smallest absolute Gasteiger partial charge is 0.407 e. The van der Waals surface area contributed by atoms with Crippen molar-refractivity contribution < 1.29 is 39.4 Å². The van der Waals surface area contributed by atoms with Crippen molar-refractivity contribution in [3.63, 3.8) is 0 Å². The number of ether oxygens (including phenoxy) is 3. The Labute approximate surface area is 231 Å². The molecule has 0 radical (unpaired) electrons. The van der Waals surface area contributed by atoms with E-state index in [9.17, 15) is 18.3 Å². The van der Waals surface area contributed by atoms with Gasteiger partial charge in [0.1, 0.15) is 6.10 Å². The summed E-state index contributed by atoms with van der Waals surface area (Å²) < 4.78 is 84.1. The van der Waals surface area contributed by atoms with E-state index >= 15 is 0 Å². The summed E-state index contributed by atoms with van der Waals surface area (Å²) in [4.78, 5) is 13.1. The Morgan fingerprint density at radius 3 is 2.61 bits per heavy atom. The minimum Gasteiger partial charge on any atom is -0.443 e. The van der Waals surface area contributed by atoms with E-state index in [1.807, 2.05) is 13.8 Å². The molecule has 38 heavy (non-hydrogen) atoms. The van der Waals surface area contributed by atoms with E-state index in [1.165, 1.54) is 24.3 Å². The molecule has 2 fully saturated rings. The number of rotatable bonds is 11. The number of hydrogen-bond donors (Lipinski definition) is 3. The van der Waals surface area contributed by atoms with Crippen LogP contribution < -0.4 is 11.1 Å². The molecule has 0 bridgehead atoms. The highest BCUT2D eigenvalue weighted by Crippen LogP contribution is 2.33. The van der Waals surface area contributed by atoms with Gasteiger partial charge in [-0.15, -0.1) is 0 Å². The van der Waals surface area contributed by atoms with Crippen molar-refractivity contribution in [1.29, 1.82) is 0 Å². The van der Waals surface area contributed by atoms with Gasteiger partial charge in [0.05, 0.1) is 40.2 Å². The molecule has 2 aliphatic heterocycles. The van der Waals surface area contributed by atoms with Crippen molar-refractivity contribution in [2.75, 3.05) is 32.0 Å². The fraction of sp³-hybridized carbons (Fsp3) is 0.519. The summed E-state index contributed by atoms with van der Waals surface area (Å²) >= 11 is 0. The Balaban J connectivity index is 1.55. The molecule has 2 saturated heterocycles. The van der Waals surface area contributed by atoms with E-state index < -0.39 is 66.1 Å². The molecule has 0 aromatic heterocycles. The first-order valence-corrected chi connectivity index (χ1v) is 13.8. The lowest BCUT2D eigenvalue weighted by Gasteiger charge is -2.31. The number of nitrogens with two attached hydrogens (primary N) is 1. The van der Waals surface area contributed by atoms with Gasteiger partial charge in [0, 0.05) is 21.5 Å². The Morgan fingerprint density at radius 2 is 1.92 bits per heavy atom. The predicted molar refractivity (Wildman–Crippen MR) is 142 cm³/mol. The Morgan fingerprint density at radius 1 is 1.21 bits per heavy atom. The summed E-state index contributed by atoms with van der Waals surface area (Å²) in [7, 11) is -4.06. The third-order valence-electron chi connectivity index (χ3n) is 6.18. The van der Waals surface area contributed by atoms with Crippen LogP contribution in [0.1, 0.15) is 32.6 Å². The van der Waals surface area contributed by atoms with Crippen molar-refractivity contribution in [3.05, 3.63) is 60.2 Å². The number of carbonyl (C=O) groups is 1. The molecule has 2 aliphatic rings. The molecule has 208 valence electrons. The molecule has 4 rings (SSSR count). The maximum absolute atomic E-state index is 13.5. The first-order chi connectivity index (χ1) is 20.0. The number of aliphatic hydroxyl groups is 1. The summed E-state index contributed by atoms with van der Waals surface area (Å²) in [5.41, 5.74) is 6.84. The summed E-state index contributed by atoms with van der Waals surface area (Å²) in [6.07, 6.45) is -8.89. The van der Waals surface area contributed by atoms with Crippen LogP contribution >= 0.6 is 0 Å². The average molecular weight is 553 g/mol. The first-order valence-electron chi connectivity index (χ1n) is 14.9. The molecule has 0 spiro atoms. The van der Waals surface area contributed by atoms with Crippen molar-refractivity contribution >= 4 is 21.8 Å². The van der Waals surface area contributed by atoms with Crippen molar-refractivity contribution in [3.8, 4) is 0 Å². The van der Waals surface area contributed by atoms with Gasteiger partial charge in [-0.25, -0.2) is 13.2 Å². The van der Waals surface area contributed by atoms with Crippen LogP contribution in [-0.4, -0.2) is 74.7 Å². The molecule has 1 amide bonds. The van der Waals surface area contributed by atoms with Gasteiger partial charge < -0.3 is 30.4 Å². The monoisotopic (exact) mass is 552 g/mol. The highest BCUT2D eigenvalue weighted by molar-refractivity contribution is 7.89. The fourth-order valence-electron chi connectivity index (χ4n) is 4.27. The number of fused-ring (bicyclic) bond motifs is 1. The molecule has 0 saturated carbocycles. The lowest BCUT2D eigenvalue weighted by Crippen LogP contribution is -2.51. The minimum atomic E-state index is -4.06. The number of nitrogen functional groups attached to an aromatic ring is 1. The Bertz CT molecular complexity index is 1390. The second kappa shape index (κ2) is 12.4. The SMILES string of the molecule is [2H]C1([2H])O[C@]2([2H])OC[C@H](OC(=O)N[C@@H](Cc3ccccc3)[C@H](O)CN(CC(C)C)S(=O)(=O)c3ccc(N)cc3)[C@@H]2C1([2H])[2H]. The number of aliphatic hydroxyl groups excluding tert-OH is 1. The van der Waals surface area contributed by atoms with E-state index in [0.29, 0.717) is 5.69 Å². The number of amides is 1. The van der Waals surface area contributed by atoms with E-state index in [0.717, 1.165) is 9.87 Å².